The molecule has 2 aromatic heterocycles. The Morgan fingerprint density at radius 1 is 1.36 bits per heavy atom. The molecule has 5 nitrogen and oxygen atoms in total. The molecule has 3 heterocycles. The maximum absolute atomic E-state index is 12.8. The van der Waals surface area contributed by atoms with E-state index < -0.39 is 23.7 Å². The molecule has 1 aliphatic rings. The molecule has 0 aliphatic carbocycles. The molecule has 1 amide bonds. The van der Waals surface area contributed by atoms with Crippen LogP contribution in [0.5, 0.6) is 5.88 Å². The van der Waals surface area contributed by atoms with Gasteiger partial charge in [0.15, 0.2) is 0 Å². The third-order valence-electron chi connectivity index (χ3n) is 3.26. The fraction of sp³-hybridized carbons (Fsp3) is 0.286. The highest BCUT2D eigenvalue weighted by atomic mass is 19.4. The van der Waals surface area contributed by atoms with E-state index in [-0.39, 0.29) is 19.0 Å². The van der Waals surface area contributed by atoms with Gasteiger partial charge in [0, 0.05) is 6.20 Å². The molecule has 0 spiro atoms. The van der Waals surface area contributed by atoms with Gasteiger partial charge >= 0.3 is 6.18 Å². The maximum atomic E-state index is 12.8. The largest absolute Gasteiger partial charge is 0.472 e. The Kier molecular flexibility index (Phi) is 3.51. The molecular weight excluding hydrogens is 301 g/mol. The fourth-order valence-electron chi connectivity index (χ4n) is 2.11. The van der Waals surface area contributed by atoms with Gasteiger partial charge in [-0.1, -0.05) is 0 Å². The van der Waals surface area contributed by atoms with Crippen molar-refractivity contribution in [3.8, 4) is 5.88 Å². The number of alkyl halides is 3. The van der Waals surface area contributed by atoms with E-state index in [0.29, 0.717) is 5.56 Å². The first-order valence-corrected chi connectivity index (χ1v) is 6.45. The van der Waals surface area contributed by atoms with Crippen LogP contribution < -0.4 is 4.74 Å². The lowest BCUT2D eigenvalue weighted by molar-refractivity contribution is -0.140. The molecule has 0 N–H and O–H groups in total. The van der Waals surface area contributed by atoms with Crippen LogP contribution in [0, 0.1) is 0 Å². The lowest BCUT2D eigenvalue weighted by Gasteiger charge is -2.38. The van der Waals surface area contributed by atoms with Gasteiger partial charge < -0.3 is 14.1 Å². The van der Waals surface area contributed by atoms with Crippen LogP contribution in [0.25, 0.3) is 0 Å². The van der Waals surface area contributed by atoms with E-state index in [4.69, 9.17) is 9.15 Å². The number of pyridine rings is 1. The Balaban J connectivity index is 1.62. The predicted molar refractivity (Wildman–Crippen MR) is 68.3 cm³/mol. The zero-order chi connectivity index (χ0) is 15.7. The van der Waals surface area contributed by atoms with E-state index in [1.807, 2.05) is 0 Å². The Bertz CT molecular complexity index is 664. The Labute approximate surface area is 123 Å². The van der Waals surface area contributed by atoms with Crippen molar-refractivity contribution < 1.29 is 27.1 Å². The molecule has 1 aliphatic heterocycles. The van der Waals surface area contributed by atoms with Crippen LogP contribution >= 0.6 is 0 Å². The van der Waals surface area contributed by atoms with E-state index in [0.717, 1.165) is 6.07 Å². The first-order chi connectivity index (χ1) is 10.4. The Morgan fingerprint density at radius 2 is 2.14 bits per heavy atom. The summed E-state index contributed by atoms with van der Waals surface area (Å²) in [5, 5.41) is 0. The average Bonchev–Trinajstić information content (AvgIpc) is 2.95. The van der Waals surface area contributed by atoms with E-state index in [9.17, 15) is 18.0 Å². The van der Waals surface area contributed by atoms with Gasteiger partial charge in [0.2, 0.25) is 5.88 Å². The number of likely N-dealkylation sites (tertiary alicyclic amines) is 1. The molecule has 0 radical (unpaired) electrons. The SMILES string of the molecule is O=C(c1ccoc1)N1CC(Oc2ncccc2C(F)(F)F)C1. The van der Waals surface area contributed by atoms with Crippen LogP contribution in [0.1, 0.15) is 15.9 Å². The van der Waals surface area contributed by atoms with Gasteiger partial charge in [0.25, 0.3) is 5.91 Å². The number of carbonyl (C=O) groups excluding carboxylic acids is 1. The topological polar surface area (TPSA) is 55.6 Å². The van der Waals surface area contributed by atoms with Crippen LogP contribution in [0.3, 0.4) is 0 Å². The van der Waals surface area contributed by atoms with Crippen molar-refractivity contribution in [2.75, 3.05) is 13.1 Å². The van der Waals surface area contributed by atoms with Crippen molar-refractivity contribution in [2.45, 2.75) is 12.3 Å². The number of nitrogens with zero attached hydrogens (tertiary/aromatic N) is 2. The minimum Gasteiger partial charge on any atom is -0.472 e. The van der Waals surface area contributed by atoms with Gasteiger partial charge in [-0.25, -0.2) is 4.98 Å². The summed E-state index contributed by atoms with van der Waals surface area (Å²) in [5.41, 5.74) is -0.526. The minimum absolute atomic E-state index is 0.206. The first kappa shape index (κ1) is 14.4. The molecule has 22 heavy (non-hydrogen) atoms. The second kappa shape index (κ2) is 5.36. The summed E-state index contributed by atoms with van der Waals surface area (Å²) < 4.78 is 48.5. The van der Waals surface area contributed by atoms with Crippen LogP contribution in [0.15, 0.2) is 41.3 Å². The molecule has 1 saturated heterocycles. The fourth-order valence-corrected chi connectivity index (χ4v) is 2.11. The third kappa shape index (κ3) is 2.76. The predicted octanol–water partition coefficient (Wildman–Crippen LogP) is 2.60. The molecule has 0 atom stereocenters. The number of hydrogen-bond donors (Lipinski definition) is 0. The van der Waals surface area contributed by atoms with Crippen molar-refractivity contribution in [2.24, 2.45) is 0 Å². The summed E-state index contributed by atoms with van der Waals surface area (Å²) >= 11 is 0. The third-order valence-corrected chi connectivity index (χ3v) is 3.26. The van der Waals surface area contributed by atoms with Crippen molar-refractivity contribution in [3.05, 3.63) is 48.0 Å². The summed E-state index contributed by atoms with van der Waals surface area (Å²) in [6.07, 6.45) is -1.11. The van der Waals surface area contributed by atoms with Gasteiger partial charge in [-0.05, 0) is 18.2 Å². The highest BCUT2D eigenvalue weighted by Crippen LogP contribution is 2.35. The summed E-state index contributed by atoms with van der Waals surface area (Å²) in [6, 6.07) is 3.64. The maximum Gasteiger partial charge on any atom is 0.421 e. The van der Waals surface area contributed by atoms with Crippen molar-refractivity contribution >= 4 is 5.91 Å². The van der Waals surface area contributed by atoms with Crippen LogP contribution in [0.4, 0.5) is 13.2 Å². The number of aromatic nitrogens is 1. The summed E-state index contributed by atoms with van der Waals surface area (Å²) in [5.74, 6) is -0.707. The lowest BCUT2D eigenvalue weighted by Crippen LogP contribution is -2.56. The van der Waals surface area contributed by atoms with Crippen molar-refractivity contribution in [3.63, 3.8) is 0 Å². The number of rotatable bonds is 3. The molecule has 3 rings (SSSR count). The van der Waals surface area contributed by atoms with E-state index in [1.165, 1.54) is 35.8 Å². The molecule has 2 aromatic rings. The Hall–Kier alpha value is -2.51. The highest BCUT2D eigenvalue weighted by molar-refractivity contribution is 5.94. The van der Waals surface area contributed by atoms with Crippen LogP contribution in [0.2, 0.25) is 0 Å². The number of ether oxygens (including phenoxy) is 1. The number of furan rings is 1. The molecule has 116 valence electrons. The normalized spacial score (nSPS) is 15.5. The molecule has 1 fully saturated rings. The zero-order valence-corrected chi connectivity index (χ0v) is 11.2. The molecule has 0 unspecified atom stereocenters. The van der Waals surface area contributed by atoms with Crippen LogP contribution in [-0.4, -0.2) is 35.0 Å². The zero-order valence-electron chi connectivity index (χ0n) is 11.2. The minimum atomic E-state index is -4.53. The molecule has 0 aromatic carbocycles. The molecule has 8 heteroatoms. The van der Waals surface area contributed by atoms with E-state index in [1.54, 1.807) is 0 Å². The highest BCUT2D eigenvalue weighted by Gasteiger charge is 2.38. The molecule has 0 saturated carbocycles. The monoisotopic (exact) mass is 312 g/mol. The van der Waals surface area contributed by atoms with Crippen LogP contribution in [-0.2, 0) is 6.18 Å². The lowest BCUT2D eigenvalue weighted by atomic mass is 10.1. The number of amides is 1. The van der Waals surface area contributed by atoms with Gasteiger partial charge in [0.1, 0.15) is 17.9 Å². The second-order valence-corrected chi connectivity index (χ2v) is 4.82. The molecule has 0 bridgehead atoms. The van der Waals surface area contributed by atoms with E-state index >= 15 is 0 Å². The average molecular weight is 312 g/mol. The quantitative estimate of drug-likeness (QED) is 0.874. The summed E-state index contributed by atoms with van der Waals surface area (Å²) in [4.78, 5) is 17.0. The van der Waals surface area contributed by atoms with E-state index in [2.05, 4.69) is 4.98 Å². The first-order valence-electron chi connectivity index (χ1n) is 6.45. The summed E-state index contributed by atoms with van der Waals surface area (Å²) in [6.45, 7) is 0.412. The van der Waals surface area contributed by atoms with Gasteiger partial charge in [-0.3, -0.25) is 4.79 Å². The number of hydrogen-bond acceptors (Lipinski definition) is 4. The summed E-state index contributed by atoms with van der Waals surface area (Å²) in [7, 11) is 0. The van der Waals surface area contributed by atoms with Gasteiger partial charge in [-0.2, -0.15) is 13.2 Å². The smallest absolute Gasteiger partial charge is 0.421 e. The molecular formula is C14H11F3N2O3. The van der Waals surface area contributed by atoms with Gasteiger partial charge in [-0.15, -0.1) is 0 Å². The number of halogens is 3. The standard InChI is InChI=1S/C14H11F3N2O3/c15-14(16,17)11-2-1-4-18-12(11)22-10-6-19(7-10)13(20)9-3-5-21-8-9/h1-5,8,10H,6-7H2. The van der Waals surface area contributed by atoms with Gasteiger partial charge in [0.05, 0.1) is 24.9 Å². The van der Waals surface area contributed by atoms with Crippen molar-refractivity contribution in [1.29, 1.82) is 0 Å². The number of carbonyl (C=O) groups is 1. The second-order valence-electron chi connectivity index (χ2n) is 4.82. The Morgan fingerprint density at radius 3 is 2.77 bits per heavy atom. The van der Waals surface area contributed by atoms with Crippen molar-refractivity contribution in [1.82, 2.24) is 9.88 Å².